The quantitative estimate of drug-likeness (QED) is 0.844. The molecule has 5 nitrogen and oxygen atoms in total. The van der Waals surface area contributed by atoms with E-state index in [2.05, 4.69) is 4.72 Å². The monoisotopic (exact) mass is 335 g/mol. The summed E-state index contributed by atoms with van der Waals surface area (Å²) in [5.41, 5.74) is 1.73. The minimum Gasteiger partial charge on any atom is -0.496 e. The Morgan fingerprint density at radius 2 is 1.70 bits per heavy atom. The van der Waals surface area contributed by atoms with Crippen LogP contribution in [0.3, 0.4) is 0 Å². The molecule has 0 heterocycles. The molecule has 0 aliphatic rings. The van der Waals surface area contributed by atoms with Gasteiger partial charge in [-0.25, -0.2) is 13.1 Å². The fourth-order valence-electron chi connectivity index (χ4n) is 2.39. The molecule has 0 aliphatic heterocycles. The Morgan fingerprint density at radius 1 is 1.00 bits per heavy atom. The Morgan fingerprint density at radius 3 is 2.30 bits per heavy atom. The number of sulfonamides is 1. The fraction of sp³-hybridized carbons (Fsp3) is 0.294. The highest BCUT2D eigenvalue weighted by Gasteiger charge is 2.22. The highest BCUT2D eigenvalue weighted by Crippen LogP contribution is 2.33. The minimum atomic E-state index is -3.65. The van der Waals surface area contributed by atoms with Crippen LogP contribution in [0.5, 0.6) is 11.5 Å². The molecule has 0 bridgehead atoms. The van der Waals surface area contributed by atoms with Crippen molar-refractivity contribution in [2.75, 3.05) is 20.8 Å². The van der Waals surface area contributed by atoms with E-state index < -0.39 is 10.0 Å². The predicted molar refractivity (Wildman–Crippen MR) is 89.6 cm³/mol. The van der Waals surface area contributed by atoms with Crippen LogP contribution in [0.15, 0.2) is 47.4 Å². The van der Waals surface area contributed by atoms with Gasteiger partial charge in [-0.1, -0.05) is 30.3 Å². The first-order valence-electron chi connectivity index (χ1n) is 7.24. The van der Waals surface area contributed by atoms with Gasteiger partial charge in [0.1, 0.15) is 16.4 Å². The highest BCUT2D eigenvalue weighted by atomic mass is 32.2. The summed E-state index contributed by atoms with van der Waals surface area (Å²) in [4.78, 5) is 0.117. The lowest BCUT2D eigenvalue weighted by Crippen LogP contribution is -2.26. The van der Waals surface area contributed by atoms with Crippen molar-refractivity contribution in [3.05, 3.63) is 53.6 Å². The summed E-state index contributed by atoms with van der Waals surface area (Å²) >= 11 is 0. The molecule has 0 saturated carbocycles. The molecule has 0 unspecified atom stereocenters. The van der Waals surface area contributed by atoms with Gasteiger partial charge < -0.3 is 9.47 Å². The number of hydrogen-bond acceptors (Lipinski definition) is 4. The van der Waals surface area contributed by atoms with E-state index in [1.165, 1.54) is 20.3 Å². The van der Waals surface area contributed by atoms with Crippen molar-refractivity contribution >= 4 is 10.0 Å². The molecule has 0 atom stereocenters. The van der Waals surface area contributed by atoms with Gasteiger partial charge in [-0.3, -0.25) is 0 Å². The Hall–Kier alpha value is -2.05. The van der Waals surface area contributed by atoms with E-state index in [1.807, 2.05) is 30.3 Å². The van der Waals surface area contributed by atoms with Crippen LogP contribution >= 0.6 is 0 Å². The molecule has 0 aromatic heterocycles. The maximum absolute atomic E-state index is 12.5. The van der Waals surface area contributed by atoms with E-state index in [9.17, 15) is 8.42 Å². The molecule has 2 aromatic rings. The van der Waals surface area contributed by atoms with Crippen LogP contribution in [-0.2, 0) is 16.4 Å². The van der Waals surface area contributed by atoms with Crippen LogP contribution in [0.25, 0.3) is 0 Å². The van der Waals surface area contributed by atoms with Gasteiger partial charge in [0.15, 0.2) is 0 Å². The molecule has 6 heteroatoms. The average molecular weight is 335 g/mol. The van der Waals surface area contributed by atoms with E-state index in [0.717, 1.165) is 5.56 Å². The van der Waals surface area contributed by atoms with Gasteiger partial charge in [0.25, 0.3) is 0 Å². The Bertz CT molecular complexity index is 758. The molecule has 0 amide bonds. The van der Waals surface area contributed by atoms with Gasteiger partial charge >= 0.3 is 0 Å². The van der Waals surface area contributed by atoms with E-state index in [1.54, 1.807) is 13.0 Å². The summed E-state index contributed by atoms with van der Waals surface area (Å²) in [5, 5.41) is 0. The van der Waals surface area contributed by atoms with Crippen LogP contribution in [0.1, 0.15) is 11.1 Å². The van der Waals surface area contributed by atoms with Crippen LogP contribution in [0.4, 0.5) is 0 Å². The SMILES string of the molecule is COc1ccc(S(=O)(=O)NCCc2ccccc2)c(OC)c1C. The second kappa shape index (κ2) is 7.48. The van der Waals surface area contributed by atoms with Crippen molar-refractivity contribution in [2.45, 2.75) is 18.2 Å². The largest absolute Gasteiger partial charge is 0.496 e. The Labute approximate surface area is 137 Å². The predicted octanol–water partition coefficient (Wildman–Crippen LogP) is 2.53. The van der Waals surface area contributed by atoms with Crippen molar-refractivity contribution in [1.29, 1.82) is 0 Å². The lowest BCUT2D eigenvalue weighted by atomic mass is 10.2. The lowest BCUT2D eigenvalue weighted by Gasteiger charge is -2.15. The van der Waals surface area contributed by atoms with Crippen molar-refractivity contribution in [3.8, 4) is 11.5 Å². The zero-order chi connectivity index (χ0) is 16.9. The topological polar surface area (TPSA) is 64.6 Å². The molecule has 124 valence electrons. The second-order valence-corrected chi connectivity index (χ2v) is 6.79. The summed E-state index contributed by atoms with van der Waals surface area (Å²) < 4.78 is 38.1. The van der Waals surface area contributed by atoms with Gasteiger partial charge in [-0.2, -0.15) is 0 Å². The van der Waals surface area contributed by atoms with Crippen molar-refractivity contribution < 1.29 is 17.9 Å². The normalized spacial score (nSPS) is 11.3. The summed E-state index contributed by atoms with van der Waals surface area (Å²) in [6, 6.07) is 12.8. The summed E-state index contributed by atoms with van der Waals surface area (Å²) in [7, 11) is -0.666. The van der Waals surface area contributed by atoms with Gasteiger partial charge in [0, 0.05) is 12.1 Å². The van der Waals surface area contributed by atoms with Gasteiger partial charge in [0.05, 0.1) is 14.2 Å². The molecule has 0 fully saturated rings. The minimum absolute atomic E-state index is 0.117. The molecular formula is C17H21NO4S. The third kappa shape index (κ3) is 4.03. The van der Waals surface area contributed by atoms with E-state index >= 15 is 0 Å². The average Bonchev–Trinajstić information content (AvgIpc) is 2.55. The van der Waals surface area contributed by atoms with Gasteiger partial charge in [-0.15, -0.1) is 0 Å². The number of ether oxygens (including phenoxy) is 2. The molecule has 0 spiro atoms. The third-order valence-corrected chi connectivity index (χ3v) is 5.07. The molecular weight excluding hydrogens is 314 g/mol. The zero-order valence-electron chi connectivity index (χ0n) is 13.5. The van der Waals surface area contributed by atoms with E-state index in [0.29, 0.717) is 30.0 Å². The Balaban J connectivity index is 2.18. The van der Waals surface area contributed by atoms with E-state index in [-0.39, 0.29) is 4.90 Å². The Kier molecular flexibility index (Phi) is 5.63. The third-order valence-electron chi connectivity index (χ3n) is 3.58. The summed E-state index contributed by atoms with van der Waals surface area (Å²) in [6.07, 6.45) is 0.623. The second-order valence-electron chi connectivity index (χ2n) is 5.06. The lowest BCUT2D eigenvalue weighted by molar-refractivity contribution is 0.380. The van der Waals surface area contributed by atoms with Crippen LogP contribution in [-0.4, -0.2) is 29.2 Å². The number of benzene rings is 2. The molecule has 0 saturated heterocycles. The number of methoxy groups -OCH3 is 2. The molecule has 0 radical (unpaired) electrons. The van der Waals surface area contributed by atoms with Crippen molar-refractivity contribution in [3.63, 3.8) is 0 Å². The van der Waals surface area contributed by atoms with Crippen molar-refractivity contribution in [1.82, 2.24) is 4.72 Å². The van der Waals surface area contributed by atoms with Crippen LogP contribution in [0.2, 0.25) is 0 Å². The first-order valence-corrected chi connectivity index (χ1v) is 8.73. The van der Waals surface area contributed by atoms with Crippen molar-refractivity contribution in [2.24, 2.45) is 0 Å². The van der Waals surface area contributed by atoms with E-state index in [4.69, 9.17) is 9.47 Å². The number of rotatable bonds is 7. The summed E-state index contributed by atoms with van der Waals surface area (Å²) in [5.74, 6) is 0.890. The number of hydrogen-bond donors (Lipinski definition) is 1. The maximum atomic E-state index is 12.5. The van der Waals surface area contributed by atoms with Gasteiger partial charge in [-0.05, 0) is 31.0 Å². The molecule has 2 aromatic carbocycles. The zero-order valence-corrected chi connectivity index (χ0v) is 14.3. The smallest absolute Gasteiger partial charge is 0.244 e. The van der Waals surface area contributed by atoms with Crippen LogP contribution < -0.4 is 14.2 Å². The molecule has 2 rings (SSSR count). The molecule has 23 heavy (non-hydrogen) atoms. The molecule has 1 N–H and O–H groups in total. The van der Waals surface area contributed by atoms with Crippen LogP contribution in [0, 0.1) is 6.92 Å². The highest BCUT2D eigenvalue weighted by molar-refractivity contribution is 7.89. The maximum Gasteiger partial charge on any atom is 0.244 e. The first-order chi connectivity index (χ1) is 11.0. The van der Waals surface area contributed by atoms with Gasteiger partial charge in [0.2, 0.25) is 10.0 Å². The summed E-state index contributed by atoms with van der Waals surface area (Å²) in [6.45, 7) is 2.08. The first kappa shape index (κ1) is 17.3. The number of nitrogens with one attached hydrogen (secondary N) is 1. The fourth-order valence-corrected chi connectivity index (χ4v) is 3.64. The molecule has 0 aliphatic carbocycles. The standard InChI is InChI=1S/C17H21NO4S/c1-13-15(21-2)9-10-16(17(13)22-3)23(19,20)18-12-11-14-7-5-4-6-8-14/h4-10,18H,11-12H2,1-3H3.